The quantitative estimate of drug-likeness (QED) is 0.816. The Morgan fingerprint density at radius 2 is 1.71 bits per heavy atom. The Morgan fingerprint density at radius 3 is 2.18 bits per heavy atom. The Bertz CT molecular complexity index is 268. The molecule has 100 valence electrons. The number of nitrogens with one attached hydrogen (secondary N) is 1. The van der Waals surface area contributed by atoms with Gasteiger partial charge in [0.1, 0.15) is 0 Å². The van der Waals surface area contributed by atoms with Crippen LogP contribution in [0.3, 0.4) is 0 Å². The molecule has 2 unspecified atom stereocenters. The molecule has 0 radical (unpaired) electrons. The van der Waals surface area contributed by atoms with Gasteiger partial charge in [-0.1, -0.05) is 13.8 Å². The van der Waals surface area contributed by atoms with Gasteiger partial charge in [0, 0.05) is 18.6 Å². The van der Waals surface area contributed by atoms with E-state index in [1.807, 2.05) is 13.8 Å². The zero-order valence-electron chi connectivity index (χ0n) is 11.6. The van der Waals surface area contributed by atoms with E-state index in [9.17, 15) is 0 Å². The van der Waals surface area contributed by atoms with Crippen LogP contribution in [0.4, 0.5) is 0 Å². The van der Waals surface area contributed by atoms with Gasteiger partial charge in [-0.25, -0.2) is 0 Å². The first-order valence-electron chi connectivity index (χ1n) is 6.42. The number of ether oxygens (including phenoxy) is 3. The topological polar surface area (TPSA) is 39.7 Å². The van der Waals surface area contributed by atoms with Crippen molar-refractivity contribution < 1.29 is 14.2 Å². The van der Waals surface area contributed by atoms with E-state index >= 15 is 0 Å². The molecule has 0 amide bonds. The van der Waals surface area contributed by atoms with Crippen LogP contribution in [0.2, 0.25) is 0 Å². The van der Waals surface area contributed by atoms with Gasteiger partial charge in [0.25, 0.3) is 0 Å². The minimum atomic E-state index is -0.428. The van der Waals surface area contributed by atoms with Crippen molar-refractivity contribution in [3.8, 4) is 0 Å². The summed E-state index contributed by atoms with van der Waals surface area (Å²) in [6.07, 6.45) is 1.44. The van der Waals surface area contributed by atoms with E-state index in [1.54, 1.807) is 7.11 Å². The molecule has 1 heterocycles. The number of hydrogen-bond acceptors (Lipinski definition) is 4. The van der Waals surface area contributed by atoms with Crippen molar-refractivity contribution in [1.29, 1.82) is 0 Å². The van der Waals surface area contributed by atoms with E-state index in [1.165, 1.54) is 0 Å². The molecule has 0 aromatic heterocycles. The van der Waals surface area contributed by atoms with Crippen LogP contribution in [0.5, 0.6) is 0 Å². The number of methoxy groups -OCH3 is 1. The van der Waals surface area contributed by atoms with Crippen LogP contribution < -0.4 is 5.32 Å². The van der Waals surface area contributed by atoms with Gasteiger partial charge >= 0.3 is 0 Å². The lowest BCUT2D eigenvalue weighted by molar-refractivity contribution is -0.256. The van der Waals surface area contributed by atoms with E-state index in [2.05, 4.69) is 19.2 Å². The summed E-state index contributed by atoms with van der Waals surface area (Å²) in [6, 6.07) is 0.788. The average Bonchev–Trinajstić information content (AvgIpc) is 2.25. The zero-order valence-corrected chi connectivity index (χ0v) is 11.6. The monoisotopic (exact) mass is 243 g/mol. The van der Waals surface area contributed by atoms with E-state index in [4.69, 9.17) is 14.2 Å². The fourth-order valence-electron chi connectivity index (χ4n) is 2.64. The first kappa shape index (κ1) is 13.3. The summed E-state index contributed by atoms with van der Waals surface area (Å²) >= 11 is 0. The molecule has 1 saturated heterocycles. The molecule has 4 heteroatoms. The predicted molar refractivity (Wildman–Crippen MR) is 65.9 cm³/mol. The molecule has 2 aliphatic rings. The molecular weight excluding hydrogens is 218 g/mol. The van der Waals surface area contributed by atoms with Crippen LogP contribution in [-0.2, 0) is 14.2 Å². The molecule has 0 spiro atoms. The smallest absolute Gasteiger partial charge is 0.162 e. The molecular formula is C13H25NO3. The van der Waals surface area contributed by atoms with Crippen LogP contribution in [0.25, 0.3) is 0 Å². The Morgan fingerprint density at radius 1 is 1.12 bits per heavy atom. The Hall–Kier alpha value is -0.160. The molecule has 2 atom stereocenters. The Balaban J connectivity index is 1.80. The molecule has 1 N–H and O–H groups in total. The standard InChI is InChI=1S/C13H25NO3/c1-12(2)10(6-11(12)15-5)14-9-7-16-13(3,4)17-8-9/h9-11,14H,6-8H2,1-5H3. The lowest BCUT2D eigenvalue weighted by Gasteiger charge is -2.53. The van der Waals surface area contributed by atoms with Crippen LogP contribution in [0, 0.1) is 5.41 Å². The summed E-state index contributed by atoms with van der Waals surface area (Å²) < 4.78 is 16.8. The molecule has 2 rings (SSSR count). The molecule has 1 aliphatic carbocycles. The maximum absolute atomic E-state index is 5.65. The minimum Gasteiger partial charge on any atom is -0.381 e. The van der Waals surface area contributed by atoms with Crippen molar-refractivity contribution in [1.82, 2.24) is 5.32 Å². The van der Waals surface area contributed by atoms with Crippen molar-refractivity contribution in [2.24, 2.45) is 5.41 Å². The van der Waals surface area contributed by atoms with Gasteiger partial charge in [0.05, 0.1) is 25.4 Å². The number of rotatable bonds is 3. The second kappa shape index (κ2) is 4.50. The lowest BCUT2D eigenvalue weighted by Crippen LogP contribution is -2.64. The zero-order chi connectivity index (χ0) is 12.7. The largest absolute Gasteiger partial charge is 0.381 e. The third-order valence-corrected chi connectivity index (χ3v) is 4.16. The summed E-state index contributed by atoms with van der Waals surface area (Å²) in [4.78, 5) is 0. The highest BCUT2D eigenvalue weighted by atomic mass is 16.7. The van der Waals surface area contributed by atoms with E-state index in [-0.39, 0.29) is 5.41 Å². The van der Waals surface area contributed by atoms with Gasteiger partial charge in [-0.2, -0.15) is 0 Å². The van der Waals surface area contributed by atoms with Crippen LogP contribution >= 0.6 is 0 Å². The first-order valence-corrected chi connectivity index (χ1v) is 6.42. The van der Waals surface area contributed by atoms with E-state index in [0.29, 0.717) is 18.2 Å². The maximum Gasteiger partial charge on any atom is 0.162 e. The van der Waals surface area contributed by atoms with Crippen molar-refractivity contribution in [2.75, 3.05) is 20.3 Å². The van der Waals surface area contributed by atoms with Crippen LogP contribution in [0.1, 0.15) is 34.1 Å². The SMILES string of the molecule is COC1CC(NC2COC(C)(C)OC2)C1(C)C. The van der Waals surface area contributed by atoms with Crippen LogP contribution in [-0.4, -0.2) is 44.3 Å². The fourth-order valence-corrected chi connectivity index (χ4v) is 2.64. The van der Waals surface area contributed by atoms with Gasteiger partial charge in [-0.3, -0.25) is 0 Å². The molecule has 2 fully saturated rings. The van der Waals surface area contributed by atoms with Crippen molar-refractivity contribution in [3.63, 3.8) is 0 Å². The molecule has 0 bridgehead atoms. The van der Waals surface area contributed by atoms with Gasteiger partial charge in [-0.05, 0) is 20.3 Å². The number of hydrogen-bond donors (Lipinski definition) is 1. The third kappa shape index (κ3) is 2.65. The second-order valence-electron chi connectivity index (χ2n) is 6.22. The highest BCUT2D eigenvalue weighted by Gasteiger charge is 2.49. The van der Waals surface area contributed by atoms with Gasteiger partial charge in [-0.15, -0.1) is 0 Å². The summed E-state index contributed by atoms with van der Waals surface area (Å²) in [7, 11) is 1.79. The van der Waals surface area contributed by atoms with E-state index < -0.39 is 5.79 Å². The summed E-state index contributed by atoms with van der Waals surface area (Å²) in [5, 5.41) is 3.62. The molecule has 4 nitrogen and oxygen atoms in total. The molecule has 1 aliphatic heterocycles. The van der Waals surface area contributed by atoms with E-state index in [0.717, 1.165) is 19.6 Å². The summed E-state index contributed by atoms with van der Waals surface area (Å²) in [6.45, 7) is 9.84. The van der Waals surface area contributed by atoms with Crippen molar-refractivity contribution in [3.05, 3.63) is 0 Å². The molecule has 0 aromatic rings. The van der Waals surface area contributed by atoms with Crippen LogP contribution in [0.15, 0.2) is 0 Å². The highest BCUT2D eigenvalue weighted by Crippen LogP contribution is 2.42. The summed E-state index contributed by atoms with van der Waals surface area (Å²) in [5.41, 5.74) is 0.196. The molecule has 0 aromatic carbocycles. The minimum absolute atomic E-state index is 0.196. The third-order valence-electron chi connectivity index (χ3n) is 4.16. The van der Waals surface area contributed by atoms with Gasteiger partial charge in [0.15, 0.2) is 5.79 Å². The summed E-state index contributed by atoms with van der Waals surface area (Å²) in [5.74, 6) is -0.428. The maximum atomic E-state index is 5.65. The van der Waals surface area contributed by atoms with Crippen molar-refractivity contribution >= 4 is 0 Å². The molecule has 1 saturated carbocycles. The molecule has 17 heavy (non-hydrogen) atoms. The van der Waals surface area contributed by atoms with Crippen molar-refractivity contribution in [2.45, 2.75) is 58.1 Å². The fraction of sp³-hybridized carbons (Fsp3) is 1.00. The van der Waals surface area contributed by atoms with Gasteiger partial charge in [0.2, 0.25) is 0 Å². The normalized spacial score (nSPS) is 36.5. The predicted octanol–water partition coefficient (Wildman–Crippen LogP) is 1.54. The average molecular weight is 243 g/mol. The first-order chi connectivity index (χ1) is 7.85. The Kier molecular flexibility index (Phi) is 3.51. The van der Waals surface area contributed by atoms with Gasteiger partial charge < -0.3 is 19.5 Å². The Labute approximate surface area is 104 Å². The lowest BCUT2D eigenvalue weighted by atomic mass is 9.64. The highest BCUT2D eigenvalue weighted by molar-refractivity contribution is 5.03. The second-order valence-corrected chi connectivity index (χ2v) is 6.22.